The Hall–Kier alpha value is -1.78. The summed E-state index contributed by atoms with van der Waals surface area (Å²) in [4.78, 5) is 26.0. The summed E-state index contributed by atoms with van der Waals surface area (Å²) in [5, 5.41) is 9.77. The molecule has 0 radical (unpaired) electrons. The molecule has 11 heteroatoms. The third-order valence-electron chi connectivity index (χ3n) is 5.00. The molecule has 2 aliphatic heterocycles. The molecule has 2 N–H and O–H groups in total. The number of hydrogen-bond donors (Lipinski definition) is 2. The molecule has 174 valence electrons. The zero-order valence-electron chi connectivity index (χ0n) is 17.9. The number of carbonyl (C=O) groups is 2. The summed E-state index contributed by atoms with van der Waals surface area (Å²) in [6.45, 7) is 3.06. The van der Waals surface area contributed by atoms with Crippen molar-refractivity contribution in [1.82, 2.24) is 10.6 Å². The van der Waals surface area contributed by atoms with Crippen molar-refractivity contribution in [2.75, 3.05) is 51.9 Å². The molecule has 10 nitrogen and oxygen atoms in total. The van der Waals surface area contributed by atoms with E-state index in [-0.39, 0.29) is 23.9 Å². The number of carbonyl (C=O) groups excluding carboxylic acids is 2. The summed E-state index contributed by atoms with van der Waals surface area (Å²) < 4.78 is 16.0. The van der Waals surface area contributed by atoms with Crippen LogP contribution < -0.4 is 10.6 Å². The van der Waals surface area contributed by atoms with Gasteiger partial charge in [0.1, 0.15) is 5.78 Å². The number of thioether (sulfide) groups is 1. The van der Waals surface area contributed by atoms with Crippen molar-refractivity contribution in [3.05, 3.63) is 22.6 Å². The first-order valence-electron chi connectivity index (χ1n) is 10.8. The van der Waals surface area contributed by atoms with Gasteiger partial charge in [0.2, 0.25) is 0 Å². The van der Waals surface area contributed by atoms with Gasteiger partial charge in [0.25, 0.3) is 0 Å². The highest BCUT2D eigenvalue weighted by atomic mass is 32.2. The molecular formula is C20H33N5O5S. The number of amides is 2. The van der Waals surface area contributed by atoms with Gasteiger partial charge in [-0.3, -0.25) is 4.79 Å². The zero-order valence-corrected chi connectivity index (χ0v) is 18.7. The van der Waals surface area contributed by atoms with Crippen molar-refractivity contribution in [2.24, 2.45) is 5.11 Å². The van der Waals surface area contributed by atoms with Crippen LogP contribution in [0.25, 0.3) is 10.4 Å². The van der Waals surface area contributed by atoms with Gasteiger partial charge in [-0.15, -0.1) is 0 Å². The first kappa shape index (κ1) is 25.5. The maximum Gasteiger partial charge on any atom is 0.315 e. The van der Waals surface area contributed by atoms with Gasteiger partial charge in [-0.25, -0.2) is 4.79 Å². The Morgan fingerprint density at radius 1 is 1.13 bits per heavy atom. The third kappa shape index (κ3) is 10.9. The Bertz CT molecular complexity index is 629. The lowest BCUT2D eigenvalue weighted by atomic mass is 10.0. The zero-order chi connectivity index (χ0) is 22.2. The number of Topliss-reactive ketones (excluding diaryl/α,β-unsaturated/α-hetero) is 1. The SMILES string of the molecule is [N-]=[N+]=NCCOCCOCCOC/C=C/CC(=O)CCCC[C@@H]1SC[C@@H]2NC(=O)N[C@@H]21. The lowest BCUT2D eigenvalue weighted by Gasteiger charge is -2.16. The third-order valence-corrected chi connectivity index (χ3v) is 6.51. The highest BCUT2D eigenvalue weighted by molar-refractivity contribution is 8.00. The van der Waals surface area contributed by atoms with Gasteiger partial charge in [-0.1, -0.05) is 23.7 Å². The average Bonchev–Trinajstić information content (AvgIpc) is 3.30. The number of rotatable bonds is 18. The van der Waals surface area contributed by atoms with Gasteiger partial charge in [-0.05, 0) is 18.4 Å². The van der Waals surface area contributed by atoms with Gasteiger partial charge in [0, 0.05) is 35.3 Å². The maximum atomic E-state index is 12.0. The molecule has 31 heavy (non-hydrogen) atoms. The monoisotopic (exact) mass is 455 g/mol. The number of nitrogens with one attached hydrogen (secondary N) is 2. The predicted molar refractivity (Wildman–Crippen MR) is 119 cm³/mol. The molecule has 0 spiro atoms. The van der Waals surface area contributed by atoms with Crippen LogP contribution in [-0.2, 0) is 19.0 Å². The number of ether oxygens (including phenoxy) is 3. The highest BCUT2D eigenvalue weighted by Crippen LogP contribution is 2.33. The van der Waals surface area contributed by atoms with Crippen LogP contribution in [0.2, 0.25) is 0 Å². The van der Waals surface area contributed by atoms with Crippen molar-refractivity contribution < 1.29 is 23.8 Å². The minimum Gasteiger partial charge on any atom is -0.379 e. The van der Waals surface area contributed by atoms with Crippen LogP contribution in [0.1, 0.15) is 32.1 Å². The fourth-order valence-corrected chi connectivity index (χ4v) is 4.98. The van der Waals surface area contributed by atoms with Crippen LogP contribution in [0.4, 0.5) is 4.79 Å². The van der Waals surface area contributed by atoms with E-state index in [1.807, 2.05) is 23.9 Å². The molecule has 2 fully saturated rings. The topological polar surface area (TPSA) is 135 Å². The second-order valence-electron chi connectivity index (χ2n) is 7.34. The highest BCUT2D eigenvalue weighted by Gasteiger charge is 2.42. The molecule has 2 heterocycles. The molecule has 2 rings (SSSR count). The second kappa shape index (κ2) is 15.9. The molecule has 0 aliphatic carbocycles. The Morgan fingerprint density at radius 2 is 1.90 bits per heavy atom. The first-order valence-corrected chi connectivity index (χ1v) is 11.8. The number of hydrogen-bond acceptors (Lipinski definition) is 7. The van der Waals surface area contributed by atoms with Crippen LogP contribution in [-0.4, -0.2) is 81.1 Å². The second-order valence-corrected chi connectivity index (χ2v) is 8.61. The fourth-order valence-electron chi connectivity index (χ4n) is 3.44. The van der Waals surface area contributed by atoms with E-state index in [1.165, 1.54) is 0 Å². The Morgan fingerprint density at radius 3 is 2.71 bits per heavy atom. The number of azide groups is 1. The lowest BCUT2D eigenvalue weighted by Crippen LogP contribution is -2.36. The minimum absolute atomic E-state index is 0.0521. The first-order chi connectivity index (χ1) is 15.2. The van der Waals surface area contributed by atoms with Crippen LogP contribution in [0.15, 0.2) is 17.3 Å². The van der Waals surface area contributed by atoms with E-state index in [9.17, 15) is 9.59 Å². The van der Waals surface area contributed by atoms with Gasteiger partial charge >= 0.3 is 6.03 Å². The molecule has 0 aromatic carbocycles. The lowest BCUT2D eigenvalue weighted by molar-refractivity contribution is -0.118. The molecular weight excluding hydrogens is 422 g/mol. The molecule has 2 aliphatic rings. The van der Waals surface area contributed by atoms with Crippen molar-refractivity contribution in [1.29, 1.82) is 0 Å². The number of allylic oxidation sites excluding steroid dienone is 1. The van der Waals surface area contributed by atoms with Crippen LogP contribution in [0.3, 0.4) is 0 Å². The summed E-state index contributed by atoms with van der Waals surface area (Å²) >= 11 is 1.91. The van der Waals surface area contributed by atoms with Gasteiger partial charge in [0.05, 0.1) is 51.7 Å². The van der Waals surface area contributed by atoms with Crippen molar-refractivity contribution in [3.8, 4) is 0 Å². The van der Waals surface area contributed by atoms with Crippen molar-refractivity contribution in [2.45, 2.75) is 49.4 Å². The smallest absolute Gasteiger partial charge is 0.315 e. The summed E-state index contributed by atoms with van der Waals surface area (Å²) in [6, 6.07) is 0.451. The van der Waals surface area contributed by atoms with Crippen LogP contribution >= 0.6 is 11.8 Å². The normalized spacial score (nSPS) is 22.2. The molecule has 2 saturated heterocycles. The largest absolute Gasteiger partial charge is 0.379 e. The van der Waals surface area contributed by atoms with Gasteiger partial charge < -0.3 is 24.8 Å². The van der Waals surface area contributed by atoms with Crippen LogP contribution in [0, 0.1) is 0 Å². The van der Waals surface area contributed by atoms with E-state index in [2.05, 4.69) is 20.7 Å². The molecule has 2 amide bonds. The molecule has 0 aromatic heterocycles. The van der Waals surface area contributed by atoms with Gasteiger partial charge in [-0.2, -0.15) is 11.8 Å². The molecule has 0 saturated carbocycles. The Balaban J connectivity index is 1.35. The molecule has 3 atom stereocenters. The molecule has 0 aromatic rings. The standard InChI is InChI=1S/C20H33N5O5S/c21-25-22-8-10-29-12-14-30-13-11-28-9-4-3-6-16(26)5-1-2-7-18-19-17(15-31-18)23-20(27)24-19/h3-4,17-19H,1-2,5-15H2,(H2,23,24,27)/b4-3+/t17-,18-,19-/m0/s1. The Labute approximate surface area is 187 Å². The number of nitrogens with zero attached hydrogens (tertiary/aromatic N) is 3. The summed E-state index contributed by atoms with van der Waals surface area (Å²) in [5.74, 6) is 1.22. The number of ketones is 1. The van der Waals surface area contributed by atoms with Crippen molar-refractivity contribution in [3.63, 3.8) is 0 Å². The van der Waals surface area contributed by atoms with Crippen molar-refractivity contribution >= 4 is 23.6 Å². The van der Waals surface area contributed by atoms with E-state index in [0.717, 1.165) is 25.0 Å². The molecule has 0 bridgehead atoms. The summed E-state index contributed by atoms with van der Waals surface area (Å²) in [7, 11) is 0. The number of fused-ring (bicyclic) bond motifs is 1. The van der Waals surface area contributed by atoms with E-state index < -0.39 is 0 Å². The van der Waals surface area contributed by atoms with E-state index in [0.29, 0.717) is 64.3 Å². The fraction of sp³-hybridized carbons (Fsp3) is 0.800. The quantitative estimate of drug-likeness (QED) is 0.0814. The van der Waals surface area contributed by atoms with E-state index in [4.69, 9.17) is 19.7 Å². The van der Waals surface area contributed by atoms with Crippen LogP contribution in [0.5, 0.6) is 0 Å². The maximum absolute atomic E-state index is 12.0. The predicted octanol–water partition coefficient (Wildman–Crippen LogP) is 2.59. The number of unbranched alkanes of at least 4 members (excludes halogenated alkanes) is 1. The van der Waals surface area contributed by atoms with Gasteiger partial charge in [0.15, 0.2) is 0 Å². The minimum atomic E-state index is -0.0521. The van der Waals surface area contributed by atoms with E-state index in [1.54, 1.807) is 0 Å². The summed E-state index contributed by atoms with van der Waals surface area (Å²) in [5.41, 5.74) is 8.11. The van der Waals surface area contributed by atoms with E-state index >= 15 is 0 Å². The average molecular weight is 456 g/mol. The summed E-state index contributed by atoms with van der Waals surface area (Å²) in [6.07, 6.45) is 7.70. The Kier molecular flexibility index (Phi) is 13.1. The molecule has 0 unspecified atom stereocenters. The number of urea groups is 1.